The van der Waals surface area contributed by atoms with Crippen molar-refractivity contribution in [1.82, 2.24) is 10.6 Å². The Bertz CT molecular complexity index is 912. The standard InChI is InChI=1S/C21H26N4O3S2/c1-21(2,3)28-20(27)24-16(11-15-5-4-9-29-15)19(26)23-14-6-8-25(13-14)17-7-10-30-18(17)12-22/h4-5,7,9-10,14,16H,6,8,11,13H2,1-3H3,(H,23,26)(H,24,27)/t14-,16-/m0/s1. The number of carbonyl (C=O) groups excluding carboxylic acids is 2. The van der Waals surface area contributed by atoms with Crippen molar-refractivity contribution in [3.8, 4) is 6.07 Å². The number of hydrogen-bond acceptors (Lipinski definition) is 7. The number of ether oxygens (including phenoxy) is 1. The third kappa shape index (κ3) is 5.97. The molecule has 9 heteroatoms. The number of anilines is 1. The van der Waals surface area contributed by atoms with Crippen molar-refractivity contribution in [1.29, 1.82) is 5.26 Å². The van der Waals surface area contributed by atoms with Crippen LogP contribution in [0.1, 0.15) is 36.9 Å². The lowest BCUT2D eigenvalue weighted by atomic mass is 10.1. The lowest BCUT2D eigenvalue weighted by Crippen LogP contribution is -2.52. The summed E-state index contributed by atoms with van der Waals surface area (Å²) in [5.41, 5.74) is 0.278. The first-order chi connectivity index (χ1) is 14.2. The Balaban J connectivity index is 1.63. The highest BCUT2D eigenvalue weighted by Crippen LogP contribution is 2.28. The number of nitriles is 1. The summed E-state index contributed by atoms with van der Waals surface area (Å²) in [6, 6.07) is 7.26. The maximum absolute atomic E-state index is 13.0. The molecule has 2 atom stereocenters. The summed E-state index contributed by atoms with van der Waals surface area (Å²) in [4.78, 5) is 29.1. The molecular weight excluding hydrogens is 420 g/mol. The topological polar surface area (TPSA) is 94.5 Å². The maximum Gasteiger partial charge on any atom is 0.408 e. The number of rotatable bonds is 6. The van der Waals surface area contributed by atoms with Crippen LogP contribution in [0.3, 0.4) is 0 Å². The summed E-state index contributed by atoms with van der Waals surface area (Å²) in [6.07, 6.45) is 0.580. The highest BCUT2D eigenvalue weighted by Gasteiger charge is 2.30. The van der Waals surface area contributed by atoms with E-state index in [2.05, 4.69) is 21.6 Å². The summed E-state index contributed by atoms with van der Waals surface area (Å²) in [5, 5.41) is 18.9. The molecule has 2 N–H and O–H groups in total. The minimum Gasteiger partial charge on any atom is -0.444 e. The molecule has 30 heavy (non-hydrogen) atoms. The molecule has 0 radical (unpaired) electrons. The molecule has 1 fully saturated rings. The number of hydrogen-bond donors (Lipinski definition) is 2. The zero-order valence-corrected chi connectivity index (χ0v) is 18.9. The van der Waals surface area contributed by atoms with Gasteiger partial charge in [-0.1, -0.05) is 6.07 Å². The highest BCUT2D eigenvalue weighted by atomic mass is 32.1. The van der Waals surface area contributed by atoms with Crippen LogP contribution in [0.25, 0.3) is 0 Å². The number of amides is 2. The van der Waals surface area contributed by atoms with E-state index in [-0.39, 0.29) is 11.9 Å². The smallest absolute Gasteiger partial charge is 0.408 e. The van der Waals surface area contributed by atoms with Gasteiger partial charge in [0.05, 0.1) is 5.69 Å². The minimum atomic E-state index is -0.719. The monoisotopic (exact) mass is 446 g/mol. The zero-order chi connectivity index (χ0) is 21.7. The van der Waals surface area contributed by atoms with Crippen molar-refractivity contribution >= 4 is 40.4 Å². The van der Waals surface area contributed by atoms with Crippen molar-refractivity contribution < 1.29 is 14.3 Å². The molecule has 7 nitrogen and oxygen atoms in total. The number of carbonyl (C=O) groups is 2. The van der Waals surface area contributed by atoms with Crippen LogP contribution >= 0.6 is 22.7 Å². The van der Waals surface area contributed by atoms with Crippen LogP contribution < -0.4 is 15.5 Å². The number of nitrogens with zero attached hydrogens (tertiary/aromatic N) is 2. The second-order valence-electron chi connectivity index (χ2n) is 8.17. The molecule has 0 bridgehead atoms. The SMILES string of the molecule is CC(C)(C)OC(=O)N[C@@H](Cc1cccs1)C(=O)N[C@H]1CCN(c2ccsc2C#N)C1. The van der Waals surface area contributed by atoms with Crippen molar-refractivity contribution in [2.24, 2.45) is 0 Å². The molecule has 0 saturated carbocycles. The predicted molar refractivity (Wildman–Crippen MR) is 119 cm³/mol. The van der Waals surface area contributed by atoms with Gasteiger partial charge in [0, 0.05) is 30.4 Å². The van der Waals surface area contributed by atoms with Gasteiger partial charge in [-0.05, 0) is 50.1 Å². The molecule has 1 saturated heterocycles. The van der Waals surface area contributed by atoms with E-state index in [1.54, 1.807) is 32.1 Å². The minimum absolute atomic E-state index is 0.0461. The summed E-state index contributed by atoms with van der Waals surface area (Å²) < 4.78 is 5.33. The molecule has 0 unspecified atom stereocenters. The van der Waals surface area contributed by atoms with Crippen molar-refractivity contribution in [2.75, 3.05) is 18.0 Å². The van der Waals surface area contributed by atoms with E-state index < -0.39 is 17.7 Å². The van der Waals surface area contributed by atoms with Crippen LogP contribution in [-0.2, 0) is 16.0 Å². The fourth-order valence-electron chi connectivity index (χ4n) is 3.32. The van der Waals surface area contributed by atoms with E-state index in [0.29, 0.717) is 17.8 Å². The normalized spacial score (nSPS) is 17.3. The molecule has 160 valence electrons. The lowest BCUT2D eigenvalue weighted by Gasteiger charge is -2.24. The Kier molecular flexibility index (Phi) is 7.00. The van der Waals surface area contributed by atoms with Crippen LogP contribution in [0.2, 0.25) is 0 Å². The summed E-state index contributed by atoms with van der Waals surface area (Å²) >= 11 is 2.96. The Morgan fingerprint density at radius 1 is 1.33 bits per heavy atom. The third-order valence-electron chi connectivity index (χ3n) is 4.61. The van der Waals surface area contributed by atoms with E-state index in [0.717, 1.165) is 23.5 Å². The van der Waals surface area contributed by atoms with Crippen molar-refractivity contribution in [2.45, 2.75) is 51.3 Å². The van der Waals surface area contributed by atoms with Gasteiger partial charge in [0.15, 0.2) is 0 Å². The second-order valence-corrected chi connectivity index (χ2v) is 10.1. The zero-order valence-electron chi connectivity index (χ0n) is 17.3. The molecule has 1 aliphatic heterocycles. The average molecular weight is 447 g/mol. The van der Waals surface area contributed by atoms with E-state index in [4.69, 9.17) is 4.74 Å². The summed E-state index contributed by atoms with van der Waals surface area (Å²) in [6.45, 7) is 6.76. The highest BCUT2D eigenvalue weighted by molar-refractivity contribution is 7.11. The Morgan fingerprint density at radius 3 is 2.80 bits per heavy atom. The fourth-order valence-corrected chi connectivity index (χ4v) is 4.78. The van der Waals surface area contributed by atoms with Crippen LogP contribution in [0.5, 0.6) is 0 Å². The molecule has 2 amide bonds. The van der Waals surface area contributed by atoms with Gasteiger partial charge >= 0.3 is 6.09 Å². The molecule has 2 aromatic rings. The second kappa shape index (κ2) is 9.49. The predicted octanol–water partition coefficient (Wildman–Crippen LogP) is 3.51. The first-order valence-corrected chi connectivity index (χ1v) is 11.6. The Labute approximate surface area is 184 Å². The summed E-state index contributed by atoms with van der Waals surface area (Å²) in [7, 11) is 0. The van der Waals surface area contributed by atoms with Crippen LogP contribution in [0, 0.1) is 11.3 Å². The molecule has 2 aromatic heterocycles. The molecule has 1 aliphatic rings. The van der Waals surface area contributed by atoms with E-state index in [1.165, 1.54) is 11.3 Å². The van der Waals surface area contributed by atoms with Crippen LogP contribution in [0.15, 0.2) is 29.0 Å². The van der Waals surface area contributed by atoms with Gasteiger partial charge in [0.25, 0.3) is 0 Å². The van der Waals surface area contributed by atoms with Gasteiger partial charge in [-0.3, -0.25) is 4.79 Å². The molecule has 0 spiro atoms. The van der Waals surface area contributed by atoms with Gasteiger partial charge < -0.3 is 20.3 Å². The first-order valence-electron chi connectivity index (χ1n) is 9.80. The molecule has 0 aliphatic carbocycles. The van der Waals surface area contributed by atoms with Gasteiger partial charge in [-0.2, -0.15) is 5.26 Å². The van der Waals surface area contributed by atoms with Gasteiger partial charge in [0.2, 0.25) is 5.91 Å². The summed E-state index contributed by atoms with van der Waals surface area (Å²) in [5.74, 6) is -0.230. The lowest BCUT2D eigenvalue weighted by molar-refractivity contribution is -0.123. The Morgan fingerprint density at radius 2 is 2.13 bits per heavy atom. The third-order valence-corrected chi connectivity index (χ3v) is 6.32. The van der Waals surface area contributed by atoms with E-state index >= 15 is 0 Å². The average Bonchev–Trinajstić information content (AvgIpc) is 3.40. The van der Waals surface area contributed by atoms with Gasteiger partial charge in [-0.25, -0.2) is 4.79 Å². The molecular formula is C21H26N4O3S2. The van der Waals surface area contributed by atoms with Crippen LogP contribution in [0.4, 0.5) is 10.5 Å². The molecule has 0 aromatic carbocycles. The quantitative estimate of drug-likeness (QED) is 0.708. The number of thiophene rings is 2. The Hall–Kier alpha value is -2.57. The van der Waals surface area contributed by atoms with Crippen molar-refractivity contribution in [3.05, 3.63) is 38.7 Å². The van der Waals surface area contributed by atoms with E-state index in [9.17, 15) is 14.9 Å². The van der Waals surface area contributed by atoms with Crippen LogP contribution in [-0.4, -0.2) is 42.8 Å². The molecule has 3 rings (SSSR count). The van der Waals surface area contributed by atoms with Gasteiger partial charge in [0.1, 0.15) is 22.6 Å². The van der Waals surface area contributed by atoms with Gasteiger partial charge in [-0.15, -0.1) is 22.7 Å². The number of alkyl carbamates (subject to hydrolysis) is 1. The first kappa shape index (κ1) is 22.1. The van der Waals surface area contributed by atoms with Crippen molar-refractivity contribution in [3.63, 3.8) is 0 Å². The van der Waals surface area contributed by atoms with E-state index in [1.807, 2.05) is 29.0 Å². The molecule has 3 heterocycles. The number of nitrogens with one attached hydrogen (secondary N) is 2. The maximum atomic E-state index is 13.0. The fraction of sp³-hybridized carbons (Fsp3) is 0.476. The largest absolute Gasteiger partial charge is 0.444 e.